The van der Waals surface area contributed by atoms with Crippen LogP contribution in [0.1, 0.15) is 19.8 Å². The molecular weight excluding hydrogens is 252 g/mol. The fraction of sp³-hybridized carbons (Fsp3) is 1.00. The average molecular weight is 278 g/mol. The number of nitrogens with two attached hydrogens (primary N) is 2. The molecule has 0 aliphatic heterocycles. The van der Waals surface area contributed by atoms with Gasteiger partial charge in [-0.1, -0.05) is 6.92 Å². The smallest absolute Gasteiger partial charge is 0.0953 e. The van der Waals surface area contributed by atoms with Crippen molar-refractivity contribution in [1.82, 2.24) is 0 Å². The molecule has 2 aliphatic carbocycles. The van der Waals surface area contributed by atoms with E-state index in [9.17, 15) is 0 Å². The van der Waals surface area contributed by atoms with Gasteiger partial charge in [-0.3, -0.25) is 0 Å². The Labute approximate surface area is 112 Å². The summed E-state index contributed by atoms with van der Waals surface area (Å²) in [6.07, 6.45) is -1.81. The largest absolute Gasteiger partial charge is 0.396 e. The van der Waals surface area contributed by atoms with Crippen molar-refractivity contribution in [3.63, 3.8) is 0 Å². The maximum absolute atomic E-state index is 9.14. The van der Waals surface area contributed by atoms with Crippen LogP contribution in [0.15, 0.2) is 0 Å². The molecule has 9 N–H and O–H groups in total. The van der Waals surface area contributed by atoms with E-state index in [-0.39, 0.29) is 30.5 Å². The number of hydrogen-bond acceptors (Lipinski definition) is 7. The molecule has 8 atom stereocenters. The molecule has 114 valence electrons. The van der Waals surface area contributed by atoms with Crippen LogP contribution in [0, 0.1) is 11.8 Å². The Bertz CT molecular complexity index is 269. The summed E-state index contributed by atoms with van der Waals surface area (Å²) in [4.78, 5) is 0. The van der Waals surface area contributed by atoms with E-state index in [1.807, 2.05) is 6.92 Å². The van der Waals surface area contributed by atoms with Crippen LogP contribution in [-0.4, -0.2) is 68.6 Å². The summed E-state index contributed by atoms with van der Waals surface area (Å²) < 4.78 is 0. The fourth-order valence-electron chi connectivity index (χ4n) is 2.64. The molecule has 2 rings (SSSR count). The minimum atomic E-state index is -0.864. The molecule has 2 saturated carbocycles. The summed E-state index contributed by atoms with van der Waals surface area (Å²) in [5.74, 6) is -0.0972. The minimum absolute atomic E-state index is 0.105. The van der Waals surface area contributed by atoms with Gasteiger partial charge in [-0.25, -0.2) is 0 Å². The van der Waals surface area contributed by atoms with Crippen LogP contribution in [0.2, 0.25) is 0 Å². The molecule has 0 aromatic carbocycles. The normalized spacial score (nSPS) is 49.9. The first kappa shape index (κ1) is 16.8. The number of aliphatic hydroxyl groups is 5. The molecule has 7 nitrogen and oxygen atoms in total. The second kappa shape index (κ2) is 6.94. The second-order valence-electron chi connectivity index (χ2n) is 5.68. The Hall–Kier alpha value is -0.280. The Kier molecular flexibility index (Phi) is 6.13. The summed E-state index contributed by atoms with van der Waals surface area (Å²) in [5.41, 5.74) is 10.9. The van der Waals surface area contributed by atoms with E-state index >= 15 is 0 Å². The van der Waals surface area contributed by atoms with Crippen LogP contribution < -0.4 is 11.5 Å². The maximum atomic E-state index is 9.14. The average Bonchev–Trinajstić information content (AvgIpc) is 2.75. The zero-order chi connectivity index (χ0) is 14.7. The van der Waals surface area contributed by atoms with Crippen LogP contribution in [0.4, 0.5) is 0 Å². The highest BCUT2D eigenvalue weighted by Gasteiger charge is 2.38. The van der Waals surface area contributed by atoms with Crippen molar-refractivity contribution >= 4 is 0 Å². The lowest BCUT2D eigenvalue weighted by Crippen LogP contribution is -2.35. The summed E-state index contributed by atoms with van der Waals surface area (Å²) in [7, 11) is 0. The SMILES string of the molecule is C[C@H]1C[C@@H](N)[C@H](O)[C@@H]1O.NC1CC(CO)C(O)C1O. The first-order valence-corrected chi connectivity index (χ1v) is 6.63. The van der Waals surface area contributed by atoms with E-state index in [1.165, 1.54) is 0 Å². The lowest BCUT2D eigenvalue weighted by molar-refractivity contribution is 0.00300. The van der Waals surface area contributed by atoms with Gasteiger partial charge in [-0.15, -0.1) is 0 Å². The van der Waals surface area contributed by atoms with Crippen LogP contribution in [0.3, 0.4) is 0 Å². The van der Waals surface area contributed by atoms with Crippen LogP contribution in [0.5, 0.6) is 0 Å². The summed E-state index contributed by atoms with van der Waals surface area (Å²) in [5, 5.41) is 45.0. The molecule has 4 unspecified atom stereocenters. The van der Waals surface area contributed by atoms with Gasteiger partial charge in [0.1, 0.15) is 0 Å². The molecule has 0 heterocycles. The van der Waals surface area contributed by atoms with Gasteiger partial charge >= 0.3 is 0 Å². The third-order valence-electron chi connectivity index (χ3n) is 4.10. The molecule has 0 bridgehead atoms. The van der Waals surface area contributed by atoms with E-state index in [2.05, 4.69) is 0 Å². The summed E-state index contributed by atoms with van der Waals surface area (Å²) in [6.45, 7) is 1.78. The molecule has 7 heteroatoms. The molecule has 2 aliphatic rings. The number of hydrogen-bond donors (Lipinski definition) is 7. The fourth-order valence-corrected chi connectivity index (χ4v) is 2.64. The summed E-state index contributed by atoms with van der Waals surface area (Å²) in [6, 6.07) is -0.609. The van der Waals surface area contributed by atoms with Gasteiger partial charge in [0.2, 0.25) is 0 Å². The zero-order valence-corrected chi connectivity index (χ0v) is 11.1. The van der Waals surface area contributed by atoms with E-state index < -0.39 is 24.4 Å². The molecule has 0 spiro atoms. The lowest BCUT2D eigenvalue weighted by atomic mass is 10.1. The molecule has 0 aromatic rings. The third kappa shape index (κ3) is 3.85. The quantitative estimate of drug-likeness (QED) is 0.272. The van der Waals surface area contributed by atoms with E-state index in [0.717, 1.165) is 6.42 Å². The van der Waals surface area contributed by atoms with Crippen molar-refractivity contribution in [3.8, 4) is 0 Å². The molecule has 0 radical (unpaired) electrons. The van der Waals surface area contributed by atoms with E-state index in [4.69, 9.17) is 37.0 Å². The van der Waals surface area contributed by atoms with Crippen molar-refractivity contribution < 1.29 is 25.5 Å². The van der Waals surface area contributed by atoms with Crippen LogP contribution in [-0.2, 0) is 0 Å². The maximum Gasteiger partial charge on any atom is 0.0953 e. The topological polar surface area (TPSA) is 153 Å². The van der Waals surface area contributed by atoms with Crippen LogP contribution in [0.25, 0.3) is 0 Å². The highest BCUT2D eigenvalue weighted by molar-refractivity contribution is 4.93. The Morgan fingerprint density at radius 3 is 1.47 bits per heavy atom. The predicted molar refractivity (Wildman–Crippen MR) is 69.0 cm³/mol. The van der Waals surface area contributed by atoms with Crippen molar-refractivity contribution in [2.45, 2.75) is 56.3 Å². The van der Waals surface area contributed by atoms with Gasteiger partial charge in [0.15, 0.2) is 0 Å². The third-order valence-corrected chi connectivity index (χ3v) is 4.10. The van der Waals surface area contributed by atoms with Gasteiger partial charge < -0.3 is 37.0 Å². The highest BCUT2D eigenvalue weighted by Crippen LogP contribution is 2.25. The van der Waals surface area contributed by atoms with Gasteiger partial charge in [0.05, 0.1) is 24.4 Å². The van der Waals surface area contributed by atoms with Gasteiger partial charge in [0, 0.05) is 24.6 Å². The Morgan fingerprint density at radius 2 is 1.32 bits per heavy atom. The first-order chi connectivity index (χ1) is 8.79. The number of rotatable bonds is 1. The number of aliphatic hydroxyl groups excluding tert-OH is 5. The van der Waals surface area contributed by atoms with Crippen molar-refractivity contribution in [2.75, 3.05) is 6.61 Å². The van der Waals surface area contributed by atoms with Crippen LogP contribution >= 0.6 is 0 Å². The zero-order valence-electron chi connectivity index (χ0n) is 11.1. The molecule has 0 aromatic heterocycles. The molecular formula is C12H26N2O5. The monoisotopic (exact) mass is 278 g/mol. The van der Waals surface area contributed by atoms with Gasteiger partial charge in [-0.05, 0) is 18.8 Å². The van der Waals surface area contributed by atoms with Crippen molar-refractivity contribution in [1.29, 1.82) is 0 Å². The van der Waals surface area contributed by atoms with Crippen molar-refractivity contribution in [3.05, 3.63) is 0 Å². The second-order valence-corrected chi connectivity index (χ2v) is 5.68. The lowest BCUT2D eigenvalue weighted by Gasteiger charge is -2.13. The first-order valence-electron chi connectivity index (χ1n) is 6.63. The summed E-state index contributed by atoms with van der Waals surface area (Å²) >= 11 is 0. The standard InChI is InChI=1S/C6H13NO3.C6H13NO2/c7-4-1-3(2-8)5(9)6(4)10;1-3-2-4(7)6(9)5(3)8/h3-6,8-10H,1-2,7H2;3-6,8-9H,2,7H2,1H3/t;3-,4+,5+,6-/m.0/s1. The Balaban J connectivity index is 0.000000191. The van der Waals surface area contributed by atoms with E-state index in [0.29, 0.717) is 6.42 Å². The van der Waals surface area contributed by atoms with E-state index in [1.54, 1.807) is 0 Å². The minimum Gasteiger partial charge on any atom is -0.396 e. The Morgan fingerprint density at radius 1 is 0.842 bits per heavy atom. The van der Waals surface area contributed by atoms with Crippen molar-refractivity contribution in [2.24, 2.45) is 23.3 Å². The molecule has 2 fully saturated rings. The predicted octanol–water partition coefficient (Wildman–Crippen LogP) is -2.88. The van der Waals surface area contributed by atoms with Gasteiger partial charge in [-0.2, -0.15) is 0 Å². The molecule has 0 saturated heterocycles. The molecule has 19 heavy (non-hydrogen) atoms. The highest BCUT2D eigenvalue weighted by atomic mass is 16.3. The van der Waals surface area contributed by atoms with Gasteiger partial charge in [0.25, 0.3) is 0 Å². The molecule has 0 amide bonds.